The highest BCUT2D eigenvalue weighted by atomic mass is 32.2. The van der Waals surface area contributed by atoms with Crippen molar-refractivity contribution in [1.29, 1.82) is 0 Å². The zero-order chi connectivity index (χ0) is 20.8. The summed E-state index contributed by atoms with van der Waals surface area (Å²) in [4.78, 5) is 28.0. The number of rotatable bonds is 5. The molecule has 11 heteroatoms. The molecule has 1 N–H and O–H groups in total. The minimum Gasteiger partial charge on any atom is -0.341 e. The summed E-state index contributed by atoms with van der Waals surface area (Å²) in [6, 6.07) is 5.60. The topological polar surface area (TPSA) is 122 Å². The molecule has 3 atom stereocenters. The minimum atomic E-state index is -4.00. The number of nitrogens with one attached hydrogen (secondary N) is 1. The zero-order valence-electron chi connectivity index (χ0n) is 15.8. The van der Waals surface area contributed by atoms with Gasteiger partial charge in [-0.1, -0.05) is 36.9 Å². The van der Waals surface area contributed by atoms with Crippen molar-refractivity contribution in [2.24, 2.45) is 16.2 Å². The largest absolute Gasteiger partial charge is 0.341 e. The fraction of sp³-hybridized carbons (Fsp3) is 0.389. The second kappa shape index (κ2) is 7.30. The van der Waals surface area contributed by atoms with Crippen LogP contribution in [0.4, 0.5) is 5.69 Å². The van der Waals surface area contributed by atoms with E-state index in [-0.39, 0.29) is 29.0 Å². The third-order valence-corrected chi connectivity index (χ3v) is 7.18. The van der Waals surface area contributed by atoms with Gasteiger partial charge in [0, 0.05) is 5.38 Å². The molecule has 1 aromatic heterocycles. The maximum Gasteiger partial charge on any atom is 0.286 e. The van der Waals surface area contributed by atoms with Crippen molar-refractivity contribution in [2.75, 3.05) is 5.32 Å². The quantitative estimate of drug-likeness (QED) is 0.712. The van der Waals surface area contributed by atoms with Crippen LogP contribution >= 0.6 is 11.5 Å². The number of likely N-dealkylation sites (tertiary alicyclic amines) is 1. The first-order valence-electron chi connectivity index (χ1n) is 9.14. The summed E-state index contributed by atoms with van der Waals surface area (Å²) in [5.74, 6) is -2.37. The van der Waals surface area contributed by atoms with Crippen LogP contribution in [0.25, 0.3) is 0 Å². The van der Waals surface area contributed by atoms with E-state index in [2.05, 4.69) is 19.3 Å². The molecule has 1 fully saturated rings. The Morgan fingerprint density at radius 3 is 2.72 bits per heavy atom. The molecule has 3 heterocycles. The lowest BCUT2D eigenvalue weighted by Gasteiger charge is -2.26. The lowest BCUT2D eigenvalue weighted by molar-refractivity contribution is -0.131. The molecule has 2 aliphatic heterocycles. The van der Waals surface area contributed by atoms with Crippen molar-refractivity contribution in [3.63, 3.8) is 0 Å². The summed E-state index contributed by atoms with van der Waals surface area (Å²) in [7, 11) is -4.00. The number of Topliss-reactive ketones (excluding diaryl/α,β-unsaturated/α-hetero) is 1. The third-order valence-electron chi connectivity index (χ3n) is 5.28. The third kappa shape index (κ3) is 3.33. The molecule has 1 saturated heterocycles. The van der Waals surface area contributed by atoms with Gasteiger partial charge in [-0.05, 0) is 29.6 Å². The molecule has 4 rings (SSSR count). The van der Waals surface area contributed by atoms with Gasteiger partial charge in [0.15, 0.2) is 11.7 Å². The number of fused-ring (bicyclic) bond motifs is 1. The van der Waals surface area contributed by atoms with Gasteiger partial charge in [0.1, 0.15) is 10.7 Å². The Hall–Kier alpha value is -2.66. The van der Waals surface area contributed by atoms with Crippen LogP contribution in [-0.2, 0) is 26.2 Å². The van der Waals surface area contributed by atoms with Crippen molar-refractivity contribution in [3.8, 4) is 0 Å². The summed E-state index contributed by atoms with van der Waals surface area (Å²) in [5, 5.41) is 8.58. The van der Waals surface area contributed by atoms with Gasteiger partial charge in [0.25, 0.3) is 10.0 Å². The minimum absolute atomic E-state index is 0.0190. The zero-order valence-corrected chi connectivity index (χ0v) is 17.4. The Balaban J connectivity index is 1.73. The summed E-state index contributed by atoms with van der Waals surface area (Å²) in [5.41, 5.74) is 0.891. The summed E-state index contributed by atoms with van der Waals surface area (Å²) in [6.45, 7) is 3.98. The molecule has 1 amide bonds. The smallest absolute Gasteiger partial charge is 0.286 e. The van der Waals surface area contributed by atoms with E-state index in [1.54, 1.807) is 23.6 Å². The van der Waals surface area contributed by atoms with Gasteiger partial charge in [0.05, 0.1) is 24.0 Å². The van der Waals surface area contributed by atoms with E-state index >= 15 is 0 Å². The molecule has 0 saturated carbocycles. The Morgan fingerprint density at radius 1 is 1.28 bits per heavy atom. The fourth-order valence-corrected chi connectivity index (χ4v) is 5.27. The number of nitrogens with zero attached hydrogens (tertiary/aromatic N) is 4. The number of amides is 1. The van der Waals surface area contributed by atoms with E-state index < -0.39 is 27.9 Å². The lowest BCUT2D eigenvalue weighted by atomic mass is 9.92. The number of amidine groups is 1. The van der Waals surface area contributed by atoms with Crippen LogP contribution in [-0.4, -0.2) is 46.5 Å². The van der Waals surface area contributed by atoms with E-state index in [0.717, 1.165) is 11.5 Å². The van der Waals surface area contributed by atoms with Crippen LogP contribution in [0.15, 0.2) is 38.9 Å². The first kappa shape index (κ1) is 19.6. The van der Waals surface area contributed by atoms with Crippen LogP contribution in [0.3, 0.4) is 0 Å². The molecule has 1 aromatic carbocycles. The number of anilines is 1. The molecule has 0 spiro atoms. The molecule has 152 valence electrons. The van der Waals surface area contributed by atoms with Crippen LogP contribution in [0.5, 0.6) is 0 Å². The molecule has 0 radical (unpaired) electrons. The number of hydrogen-bond donors (Lipinski definition) is 1. The summed E-state index contributed by atoms with van der Waals surface area (Å²) < 4.78 is 32.7. The van der Waals surface area contributed by atoms with E-state index in [4.69, 9.17) is 0 Å². The van der Waals surface area contributed by atoms with Gasteiger partial charge < -0.3 is 10.2 Å². The van der Waals surface area contributed by atoms with Crippen molar-refractivity contribution in [1.82, 2.24) is 14.5 Å². The molecule has 0 aliphatic carbocycles. The van der Waals surface area contributed by atoms with Crippen LogP contribution in [0, 0.1) is 11.8 Å². The lowest BCUT2D eigenvalue weighted by Crippen LogP contribution is -2.39. The van der Waals surface area contributed by atoms with Crippen molar-refractivity contribution in [2.45, 2.75) is 37.8 Å². The van der Waals surface area contributed by atoms with Crippen molar-refractivity contribution >= 4 is 44.8 Å². The van der Waals surface area contributed by atoms with E-state index in [9.17, 15) is 18.0 Å². The Kier molecular flexibility index (Phi) is 4.95. The number of para-hydroxylation sites is 1. The van der Waals surface area contributed by atoms with Crippen molar-refractivity contribution < 1.29 is 18.0 Å². The number of aromatic nitrogens is 2. The highest BCUT2D eigenvalue weighted by molar-refractivity contribution is 7.90. The second-order valence-corrected chi connectivity index (χ2v) is 9.28. The highest BCUT2D eigenvalue weighted by Crippen LogP contribution is 2.34. The summed E-state index contributed by atoms with van der Waals surface area (Å²) >= 11 is 1.16. The predicted octanol–water partition coefficient (Wildman–Crippen LogP) is 1.69. The summed E-state index contributed by atoms with van der Waals surface area (Å²) in [6.07, 6.45) is 0.684. The molecule has 29 heavy (non-hydrogen) atoms. The molecular weight excluding hydrogens is 414 g/mol. The first-order valence-corrected chi connectivity index (χ1v) is 11.4. The van der Waals surface area contributed by atoms with Gasteiger partial charge in [-0.25, -0.2) is 0 Å². The number of carbonyl (C=O) groups excluding carboxylic acids is 2. The van der Waals surface area contributed by atoms with Gasteiger partial charge in [-0.3, -0.25) is 9.59 Å². The molecule has 0 bridgehead atoms. The molecular formula is C18H19N5O4S2. The number of sulfonamides is 1. The standard InChI is InChI=1S/C18H19N5O4S2/c1-3-10(2)15-16(24)14(18(25)23(15)8-11-9-28-22-20-11)17-19-12-6-4-5-7-13(12)29(26,27)21-17/h4-7,9-10,14-15H,3,8H2,1-2H3,(H,19,21)/t10?,14?,15-/m0/s1. The average Bonchev–Trinajstić information content (AvgIpc) is 3.28. The molecule has 2 aromatic rings. The van der Waals surface area contributed by atoms with Gasteiger partial charge in [0.2, 0.25) is 5.91 Å². The Bertz CT molecular complexity index is 1100. The number of carbonyl (C=O) groups is 2. The van der Waals surface area contributed by atoms with E-state index in [0.29, 0.717) is 17.8 Å². The highest BCUT2D eigenvalue weighted by Gasteiger charge is 2.52. The fourth-order valence-electron chi connectivity index (χ4n) is 3.67. The van der Waals surface area contributed by atoms with E-state index in [1.807, 2.05) is 13.8 Å². The van der Waals surface area contributed by atoms with Gasteiger partial charge >= 0.3 is 0 Å². The number of hydrogen-bond acceptors (Lipinski definition) is 8. The number of ketones is 1. The Labute approximate surface area is 172 Å². The van der Waals surface area contributed by atoms with Gasteiger partial charge in [-0.2, -0.15) is 8.42 Å². The maximum absolute atomic E-state index is 13.3. The van der Waals surface area contributed by atoms with Crippen molar-refractivity contribution in [3.05, 3.63) is 35.3 Å². The second-order valence-electron chi connectivity index (χ2n) is 7.10. The van der Waals surface area contributed by atoms with Gasteiger partial charge in [-0.15, -0.1) is 9.50 Å². The molecule has 2 unspecified atom stereocenters. The van der Waals surface area contributed by atoms with Crippen LogP contribution < -0.4 is 5.32 Å². The average molecular weight is 434 g/mol. The molecule has 2 aliphatic rings. The monoisotopic (exact) mass is 433 g/mol. The normalized spacial score (nSPS) is 24.1. The Morgan fingerprint density at radius 2 is 2.03 bits per heavy atom. The van der Waals surface area contributed by atoms with Crippen LogP contribution in [0.1, 0.15) is 26.0 Å². The van der Waals surface area contributed by atoms with Crippen LogP contribution in [0.2, 0.25) is 0 Å². The number of benzene rings is 1. The predicted molar refractivity (Wildman–Crippen MR) is 107 cm³/mol. The maximum atomic E-state index is 13.3. The van der Waals surface area contributed by atoms with E-state index in [1.165, 1.54) is 11.0 Å². The first-order chi connectivity index (χ1) is 13.8. The SMILES string of the molecule is CCC(C)[C@H]1C(=O)C(C2=NS(=O)(=O)c3ccccc3N2)C(=O)N1Cc1csnn1. The molecule has 9 nitrogen and oxygen atoms in total.